The van der Waals surface area contributed by atoms with Crippen LogP contribution in [0.5, 0.6) is 5.75 Å². The topological polar surface area (TPSA) is 98.2 Å². The lowest BCUT2D eigenvalue weighted by molar-refractivity contribution is -0.119. The highest BCUT2D eigenvalue weighted by atomic mass is 32.2. The molecule has 1 aliphatic heterocycles. The first-order valence-corrected chi connectivity index (χ1v) is 11.4. The van der Waals surface area contributed by atoms with Crippen LogP contribution in [-0.2, 0) is 15.3 Å². The molecule has 2 N–H and O–H groups in total. The Morgan fingerprint density at radius 1 is 1.31 bits per heavy atom. The summed E-state index contributed by atoms with van der Waals surface area (Å²) >= 11 is 1.59. The van der Waals surface area contributed by atoms with Gasteiger partial charge in [0.25, 0.3) is 0 Å². The van der Waals surface area contributed by atoms with Crippen LogP contribution in [0.1, 0.15) is 43.7 Å². The number of thioether (sulfide) groups is 1. The smallest absolute Gasteiger partial charge is 0.205 e. The molecule has 0 saturated carbocycles. The van der Waals surface area contributed by atoms with Crippen molar-refractivity contribution in [1.29, 1.82) is 5.26 Å². The quantitative estimate of drug-likeness (QED) is 0.655. The summed E-state index contributed by atoms with van der Waals surface area (Å²) in [5.41, 5.74) is 8.52. The standard InChI is InChI=1S/C25H25N3O3S/c1-25(2)11-18(29)23-20(12-25)31-24(27)17(13-26)22(23)15-7-8-19(30-3)16(10-15)14-32-21-6-4-5-9-28-21/h4-10,22H,11-12,14,27H2,1-3H3/t22-/m0/s1. The van der Waals surface area contributed by atoms with Crippen LogP contribution in [0.4, 0.5) is 0 Å². The monoisotopic (exact) mass is 447 g/mol. The normalized spacial score (nSPS) is 19.8. The number of methoxy groups -OCH3 is 1. The third kappa shape index (κ3) is 4.23. The predicted molar refractivity (Wildman–Crippen MR) is 122 cm³/mol. The number of carbonyl (C=O) groups excluding carboxylic acids is 1. The number of pyridine rings is 1. The fourth-order valence-electron chi connectivity index (χ4n) is 4.29. The van der Waals surface area contributed by atoms with Crippen molar-refractivity contribution in [3.8, 4) is 11.8 Å². The number of nitrogens with zero attached hydrogens (tertiary/aromatic N) is 2. The minimum atomic E-state index is -0.545. The number of nitriles is 1. The largest absolute Gasteiger partial charge is 0.496 e. The highest BCUT2D eigenvalue weighted by molar-refractivity contribution is 7.98. The maximum absolute atomic E-state index is 13.2. The Morgan fingerprint density at radius 2 is 2.12 bits per heavy atom. The van der Waals surface area contributed by atoms with Crippen molar-refractivity contribution in [3.05, 3.63) is 76.5 Å². The Balaban J connectivity index is 1.76. The van der Waals surface area contributed by atoms with Crippen LogP contribution in [0.25, 0.3) is 0 Å². The van der Waals surface area contributed by atoms with Crippen LogP contribution >= 0.6 is 11.8 Å². The van der Waals surface area contributed by atoms with E-state index in [2.05, 4.69) is 11.1 Å². The van der Waals surface area contributed by atoms with E-state index in [0.717, 1.165) is 21.9 Å². The van der Waals surface area contributed by atoms with Crippen molar-refractivity contribution in [2.75, 3.05) is 7.11 Å². The summed E-state index contributed by atoms with van der Waals surface area (Å²) < 4.78 is 11.4. The number of allylic oxidation sites excluding steroid dienone is 3. The molecule has 1 aromatic carbocycles. The average Bonchev–Trinajstić information content (AvgIpc) is 2.76. The lowest BCUT2D eigenvalue weighted by Gasteiger charge is -2.37. The molecule has 0 unspecified atom stereocenters. The van der Waals surface area contributed by atoms with Gasteiger partial charge in [0.15, 0.2) is 5.78 Å². The van der Waals surface area contributed by atoms with E-state index in [1.165, 1.54) is 0 Å². The lowest BCUT2D eigenvalue weighted by Crippen LogP contribution is -2.33. The van der Waals surface area contributed by atoms with E-state index in [0.29, 0.717) is 29.9 Å². The average molecular weight is 448 g/mol. The zero-order valence-corrected chi connectivity index (χ0v) is 19.2. The summed E-state index contributed by atoms with van der Waals surface area (Å²) in [6.07, 6.45) is 2.76. The number of benzene rings is 1. The highest BCUT2D eigenvalue weighted by Gasteiger charge is 2.43. The maximum Gasteiger partial charge on any atom is 0.205 e. The van der Waals surface area contributed by atoms with Crippen molar-refractivity contribution < 1.29 is 14.3 Å². The molecule has 0 fully saturated rings. The zero-order chi connectivity index (χ0) is 22.9. The second kappa shape index (κ2) is 8.71. The van der Waals surface area contributed by atoms with Crippen molar-refractivity contribution in [2.45, 2.75) is 43.4 Å². The molecule has 32 heavy (non-hydrogen) atoms. The molecule has 1 atom stereocenters. The van der Waals surface area contributed by atoms with E-state index in [9.17, 15) is 10.1 Å². The second-order valence-electron chi connectivity index (χ2n) is 8.73. The fourth-order valence-corrected chi connectivity index (χ4v) is 5.13. The Hall–Kier alpha value is -3.24. The number of rotatable bonds is 5. The maximum atomic E-state index is 13.2. The van der Waals surface area contributed by atoms with Gasteiger partial charge in [0.2, 0.25) is 5.88 Å². The predicted octanol–water partition coefficient (Wildman–Crippen LogP) is 4.83. The van der Waals surface area contributed by atoms with Crippen LogP contribution < -0.4 is 10.5 Å². The Labute approximate surface area is 192 Å². The highest BCUT2D eigenvalue weighted by Crippen LogP contribution is 2.48. The first kappa shape index (κ1) is 22.0. The Kier molecular flexibility index (Phi) is 5.98. The molecule has 164 valence electrons. The number of Topliss-reactive ketones (excluding diaryl/α,β-unsaturated/α-hetero) is 1. The van der Waals surface area contributed by atoms with Crippen LogP contribution in [0.3, 0.4) is 0 Å². The molecular weight excluding hydrogens is 422 g/mol. The molecule has 0 saturated heterocycles. The zero-order valence-electron chi connectivity index (χ0n) is 18.3. The molecule has 7 heteroatoms. The third-order valence-corrected chi connectivity index (χ3v) is 6.72. The summed E-state index contributed by atoms with van der Waals surface area (Å²) in [6.45, 7) is 4.07. The van der Waals surface area contributed by atoms with Crippen LogP contribution in [0.2, 0.25) is 0 Å². The molecule has 2 heterocycles. The Morgan fingerprint density at radius 3 is 2.81 bits per heavy atom. The van der Waals surface area contributed by atoms with Gasteiger partial charge in [0.1, 0.15) is 23.2 Å². The van der Waals surface area contributed by atoms with E-state index in [1.54, 1.807) is 25.1 Å². The van der Waals surface area contributed by atoms with Gasteiger partial charge in [-0.05, 0) is 29.2 Å². The first-order valence-electron chi connectivity index (χ1n) is 10.4. The lowest BCUT2D eigenvalue weighted by atomic mass is 9.70. The SMILES string of the molecule is COc1ccc([C@H]2C(C#N)=C(N)OC3=C2C(=O)CC(C)(C)C3)cc1CSc1ccccn1. The Bertz CT molecular complexity index is 1160. The molecule has 0 bridgehead atoms. The van der Waals surface area contributed by atoms with Gasteiger partial charge < -0.3 is 15.2 Å². The van der Waals surface area contributed by atoms with Gasteiger partial charge >= 0.3 is 0 Å². The van der Waals surface area contributed by atoms with E-state index in [-0.39, 0.29) is 22.7 Å². The second-order valence-corrected chi connectivity index (χ2v) is 9.73. The number of nitrogens with two attached hydrogens (primary N) is 1. The van der Waals surface area contributed by atoms with Gasteiger partial charge in [0, 0.05) is 35.9 Å². The molecular formula is C25H25N3O3S. The number of hydrogen-bond donors (Lipinski definition) is 1. The minimum absolute atomic E-state index is 0.00160. The van der Waals surface area contributed by atoms with Crippen LogP contribution in [0, 0.1) is 16.7 Å². The van der Waals surface area contributed by atoms with Crippen molar-refractivity contribution in [3.63, 3.8) is 0 Å². The van der Waals surface area contributed by atoms with Crippen molar-refractivity contribution in [1.82, 2.24) is 4.98 Å². The van der Waals surface area contributed by atoms with Gasteiger partial charge in [0.05, 0.1) is 18.1 Å². The van der Waals surface area contributed by atoms with E-state index in [1.807, 2.05) is 50.2 Å². The van der Waals surface area contributed by atoms with Gasteiger partial charge in [-0.25, -0.2) is 4.98 Å². The van der Waals surface area contributed by atoms with E-state index >= 15 is 0 Å². The van der Waals surface area contributed by atoms with E-state index < -0.39 is 5.92 Å². The number of ketones is 1. The number of carbonyl (C=O) groups is 1. The van der Waals surface area contributed by atoms with Gasteiger partial charge in [-0.3, -0.25) is 4.79 Å². The molecule has 2 aromatic rings. The molecule has 4 rings (SSSR count). The fraction of sp³-hybridized carbons (Fsp3) is 0.320. The number of hydrogen-bond acceptors (Lipinski definition) is 7. The molecule has 6 nitrogen and oxygen atoms in total. The van der Waals surface area contributed by atoms with Crippen molar-refractivity contribution in [2.24, 2.45) is 11.1 Å². The summed E-state index contributed by atoms with van der Waals surface area (Å²) in [5.74, 6) is 1.48. The number of aromatic nitrogens is 1. The summed E-state index contributed by atoms with van der Waals surface area (Å²) in [7, 11) is 1.63. The van der Waals surface area contributed by atoms with Crippen LogP contribution in [-0.4, -0.2) is 17.9 Å². The molecule has 0 spiro atoms. The molecule has 1 aliphatic carbocycles. The molecule has 0 amide bonds. The minimum Gasteiger partial charge on any atom is -0.496 e. The first-order chi connectivity index (χ1) is 15.3. The van der Waals surface area contributed by atoms with Crippen molar-refractivity contribution >= 4 is 17.5 Å². The summed E-state index contributed by atoms with van der Waals surface area (Å²) in [5, 5.41) is 10.8. The van der Waals surface area contributed by atoms with Gasteiger partial charge in [-0.15, -0.1) is 11.8 Å². The molecule has 0 radical (unpaired) electrons. The van der Waals surface area contributed by atoms with Gasteiger partial charge in [-0.2, -0.15) is 5.26 Å². The molecule has 1 aromatic heterocycles. The van der Waals surface area contributed by atoms with Crippen LogP contribution in [0.15, 0.2) is 70.4 Å². The molecule has 2 aliphatic rings. The van der Waals surface area contributed by atoms with Gasteiger partial charge in [-0.1, -0.05) is 32.0 Å². The third-order valence-electron chi connectivity index (χ3n) is 5.73. The summed E-state index contributed by atoms with van der Waals surface area (Å²) in [6, 6.07) is 13.7. The summed E-state index contributed by atoms with van der Waals surface area (Å²) in [4.78, 5) is 17.5. The number of ether oxygens (including phenoxy) is 2. The van der Waals surface area contributed by atoms with E-state index in [4.69, 9.17) is 15.2 Å².